The van der Waals surface area contributed by atoms with E-state index in [2.05, 4.69) is 10.4 Å². The van der Waals surface area contributed by atoms with Crippen molar-refractivity contribution in [1.82, 2.24) is 15.1 Å². The second-order valence-corrected chi connectivity index (χ2v) is 3.70. The third-order valence-corrected chi connectivity index (χ3v) is 2.54. The van der Waals surface area contributed by atoms with E-state index in [1.54, 1.807) is 16.9 Å². The summed E-state index contributed by atoms with van der Waals surface area (Å²) in [6.45, 7) is 3.19. The molecule has 0 bridgehead atoms. The normalized spacial score (nSPS) is 10.2. The molecule has 0 saturated carbocycles. The van der Waals surface area contributed by atoms with Crippen molar-refractivity contribution in [2.24, 2.45) is 0 Å². The van der Waals surface area contributed by atoms with Gasteiger partial charge in [-0.2, -0.15) is 5.10 Å². The van der Waals surface area contributed by atoms with Gasteiger partial charge in [-0.15, -0.1) is 0 Å². The smallest absolute Gasteiger partial charge is 0.269 e. The molecule has 0 aliphatic carbocycles. The van der Waals surface area contributed by atoms with Crippen LogP contribution < -0.4 is 5.32 Å². The number of hydrogen-bond acceptors (Lipinski definition) is 2. The highest BCUT2D eigenvalue weighted by Crippen LogP contribution is 2.01. The Morgan fingerprint density at radius 1 is 1.29 bits per heavy atom. The second kappa shape index (κ2) is 5.30. The Labute approximate surface area is 100 Å². The third-order valence-electron chi connectivity index (χ3n) is 2.54. The van der Waals surface area contributed by atoms with Crippen molar-refractivity contribution < 1.29 is 4.79 Å². The van der Waals surface area contributed by atoms with Gasteiger partial charge >= 0.3 is 0 Å². The molecule has 4 nitrogen and oxygen atoms in total. The number of aryl methyl sites for hydroxylation is 1. The van der Waals surface area contributed by atoms with Crippen molar-refractivity contribution in [1.29, 1.82) is 0 Å². The highest BCUT2D eigenvalue weighted by Gasteiger charge is 2.09. The number of nitrogens with zero attached hydrogens (tertiary/aromatic N) is 2. The summed E-state index contributed by atoms with van der Waals surface area (Å²) in [5, 5.41) is 6.94. The number of nitrogens with one attached hydrogen (secondary N) is 1. The van der Waals surface area contributed by atoms with Crippen LogP contribution in [0.4, 0.5) is 0 Å². The second-order valence-electron chi connectivity index (χ2n) is 3.70. The molecule has 0 spiro atoms. The topological polar surface area (TPSA) is 46.9 Å². The van der Waals surface area contributed by atoms with Crippen molar-refractivity contribution in [2.75, 3.05) is 0 Å². The van der Waals surface area contributed by atoms with Crippen LogP contribution in [0.1, 0.15) is 23.0 Å². The molecule has 17 heavy (non-hydrogen) atoms. The van der Waals surface area contributed by atoms with Gasteiger partial charge < -0.3 is 5.32 Å². The van der Waals surface area contributed by atoms with Crippen LogP contribution in [0.2, 0.25) is 0 Å². The van der Waals surface area contributed by atoms with E-state index in [1.165, 1.54) is 0 Å². The monoisotopic (exact) mass is 229 g/mol. The van der Waals surface area contributed by atoms with E-state index >= 15 is 0 Å². The number of aromatic nitrogens is 2. The van der Waals surface area contributed by atoms with Crippen molar-refractivity contribution in [3.63, 3.8) is 0 Å². The minimum absolute atomic E-state index is 0.0896. The zero-order valence-electron chi connectivity index (χ0n) is 9.76. The highest BCUT2D eigenvalue weighted by atomic mass is 16.2. The Balaban J connectivity index is 1.98. The van der Waals surface area contributed by atoms with Crippen LogP contribution in [0, 0.1) is 0 Å². The molecule has 0 aliphatic heterocycles. The molecule has 0 fully saturated rings. The van der Waals surface area contributed by atoms with E-state index < -0.39 is 0 Å². The van der Waals surface area contributed by atoms with E-state index in [9.17, 15) is 4.79 Å². The first kappa shape index (κ1) is 11.4. The van der Waals surface area contributed by atoms with Crippen LogP contribution >= 0.6 is 0 Å². The van der Waals surface area contributed by atoms with Crippen molar-refractivity contribution in [3.05, 3.63) is 53.9 Å². The number of amides is 1. The molecular weight excluding hydrogens is 214 g/mol. The van der Waals surface area contributed by atoms with E-state index in [4.69, 9.17) is 0 Å². The molecule has 0 aliphatic rings. The maximum absolute atomic E-state index is 11.9. The van der Waals surface area contributed by atoms with Gasteiger partial charge in [0.2, 0.25) is 0 Å². The first-order valence-corrected chi connectivity index (χ1v) is 5.65. The number of carbonyl (C=O) groups is 1. The molecule has 0 saturated heterocycles. The average molecular weight is 229 g/mol. The third kappa shape index (κ3) is 2.72. The molecule has 1 amide bonds. The molecule has 88 valence electrons. The van der Waals surface area contributed by atoms with E-state index in [0.29, 0.717) is 18.8 Å². The molecule has 2 aromatic rings. The number of hydrogen-bond donors (Lipinski definition) is 1. The first-order chi connectivity index (χ1) is 8.31. The van der Waals surface area contributed by atoms with E-state index in [0.717, 1.165) is 5.56 Å². The maximum atomic E-state index is 11.9. The number of benzene rings is 1. The maximum Gasteiger partial charge on any atom is 0.269 e. The van der Waals surface area contributed by atoms with Crippen LogP contribution in [0.15, 0.2) is 42.6 Å². The van der Waals surface area contributed by atoms with Gasteiger partial charge in [0.1, 0.15) is 5.69 Å². The summed E-state index contributed by atoms with van der Waals surface area (Å²) in [6, 6.07) is 11.6. The first-order valence-electron chi connectivity index (χ1n) is 5.65. The molecule has 1 heterocycles. The predicted molar refractivity (Wildman–Crippen MR) is 65.5 cm³/mol. The minimum Gasteiger partial charge on any atom is -0.347 e. The van der Waals surface area contributed by atoms with Crippen LogP contribution in [-0.4, -0.2) is 15.7 Å². The van der Waals surface area contributed by atoms with Crippen LogP contribution in [0.5, 0.6) is 0 Å². The van der Waals surface area contributed by atoms with Gasteiger partial charge in [-0.25, -0.2) is 0 Å². The quantitative estimate of drug-likeness (QED) is 0.869. The number of rotatable bonds is 4. The average Bonchev–Trinajstić information content (AvgIpc) is 2.85. The van der Waals surface area contributed by atoms with Crippen LogP contribution in [0.3, 0.4) is 0 Å². The van der Waals surface area contributed by atoms with Gasteiger partial charge in [-0.1, -0.05) is 30.3 Å². The van der Waals surface area contributed by atoms with Gasteiger partial charge in [-0.05, 0) is 18.6 Å². The molecule has 0 atom stereocenters. The lowest BCUT2D eigenvalue weighted by Crippen LogP contribution is -2.25. The highest BCUT2D eigenvalue weighted by molar-refractivity contribution is 5.92. The Morgan fingerprint density at radius 2 is 2.06 bits per heavy atom. The summed E-state index contributed by atoms with van der Waals surface area (Å²) < 4.78 is 1.68. The predicted octanol–water partition coefficient (Wildman–Crippen LogP) is 1.83. The molecule has 1 N–H and O–H groups in total. The van der Waals surface area contributed by atoms with Gasteiger partial charge in [0.15, 0.2) is 0 Å². The minimum atomic E-state index is -0.0896. The summed E-state index contributed by atoms with van der Waals surface area (Å²) >= 11 is 0. The van der Waals surface area contributed by atoms with Crippen molar-refractivity contribution in [3.8, 4) is 0 Å². The van der Waals surface area contributed by atoms with Gasteiger partial charge in [0, 0.05) is 19.3 Å². The van der Waals surface area contributed by atoms with Crippen molar-refractivity contribution >= 4 is 5.91 Å². The summed E-state index contributed by atoms with van der Waals surface area (Å²) in [7, 11) is 0. The Morgan fingerprint density at radius 3 is 2.76 bits per heavy atom. The van der Waals surface area contributed by atoms with Gasteiger partial charge in [0.05, 0.1) is 0 Å². The molecule has 2 rings (SSSR count). The molecule has 4 heteroatoms. The SMILES string of the molecule is CCn1nccc1C(=O)NCc1ccccc1. The standard InChI is InChI=1S/C13H15N3O/c1-2-16-12(8-9-15-16)13(17)14-10-11-6-4-3-5-7-11/h3-9H,2,10H2,1H3,(H,14,17). The van der Waals surface area contributed by atoms with Crippen molar-refractivity contribution in [2.45, 2.75) is 20.0 Å². The lowest BCUT2D eigenvalue weighted by atomic mass is 10.2. The summed E-state index contributed by atoms with van der Waals surface area (Å²) in [4.78, 5) is 11.9. The van der Waals surface area contributed by atoms with E-state index in [1.807, 2.05) is 37.3 Å². The number of carbonyl (C=O) groups excluding carboxylic acids is 1. The van der Waals surface area contributed by atoms with Gasteiger partial charge in [-0.3, -0.25) is 9.48 Å². The lowest BCUT2D eigenvalue weighted by molar-refractivity contribution is 0.0940. The van der Waals surface area contributed by atoms with E-state index in [-0.39, 0.29) is 5.91 Å². The largest absolute Gasteiger partial charge is 0.347 e. The fourth-order valence-electron chi connectivity index (χ4n) is 1.65. The fraction of sp³-hybridized carbons (Fsp3) is 0.231. The molecule has 1 aromatic heterocycles. The lowest BCUT2D eigenvalue weighted by Gasteiger charge is -2.06. The molecule has 1 aromatic carbocycles. The molecule has 0 radical (unpaired) electrons. The Hall–Kier alpha value is -2.10. The Bertz CT molecular complexity index is 490. The Kier molecular flexibility index (Phi) is 3.55. The fourth-order valence-corrected chi connectivity index (χ4v) is 1.65. The molecular formula is C13H15N3O. The molecule has 0 unspecified atom stereocenters. The summed E-state index contributed by atoms with van der Waals surface area (Å²) in [5.41, 5.74) is 1.69. The van der Waals surface area contributed by atoms with Crippen LogP contribution in [-0.2, 0) is 13.1 Å². The van der Waals surface area contributed by atoms with Gasteiger partial charge in [0.25, 0.3) is 5.91 Å². The summed E-state index contributed by atoms with van der Waals surface area (Å²) in [5.74, 6) is -0.0896. The van der Waals surface area contributed by atoms with Crippen LogP contribution in [0.25, 0.3) is 0 Å². The summed E-state index contributed by atoms with van der Waals surface area (Å²) in [6.07, 6.45) is 1.64. The zero-order valence-corrected chi connectivity index (χ0v) is 9.76. The zero-order chi connectivity index (χ0) is 12.1.